The molecule has 0 aliphatic carbocycles. The van der Waals surface area contributed by atoms with E-state index in [0.717, 1.165) is 31.9 Å². The highest BCUT2D eigenvalue weighted by Gasteiger charge is 2.14. The normalized spacial score (nSPS) is 14.9. The van der Waals surface area contributed by atoms with Crippen LogP contribution in [0, 0.1) is 0 Å². The zero-order valence-electron chi connectivity index (χ0n) is 13.4. The smallest absolute Gasteiger partial charge is 0.247 e. The van der Waals surface area contributed by atoms with E-state index < -0.39 is 0 Å². The van der Waals surface area contributed by atoms with Gasteiger partial charge in [-0.15, -0.1) is 5.10 Å². The summed E-state index contributed by atoms with van der Waals surface area (Å²) in [6.07, 6.45) is 4.66. The molecule has 1 aliphatic rings. The Morgan fingerprint density at radius 3 is 3.00 bits per heavy atom. The molecule has 0 unspecified atom stereocenters. The molecule has 0 atom stereocenters. The van der Waals surface area contributed by atoms with Crippen LogP contribution in [0.4, 0.5) is 11.8 Å². The highest BCUT2D eigenvalue weighted by atomic mass is 16.5. The third kappa shape index (κ3) is 3.16. The number of fused-ring (bicyclic) bond motifs is 1. The fourth-order valence-electron chi connectivity index (χ4n) is 2.94. The molecule has 0 radical (unpaired) electrons. The Morgan fingerprint density at radius 1 is 1.21 bits per heavy atom. The molecule has 3 aromatic rings. The Hall–Kier alpha value is -2.67. The molecular weight excluding hydrogens is 304 g/mol. The van der Waals surface area contributed by atoms with Crippen molar-refractivity contribution in [2.24, 2.45) is 0 Å². The van der Waals surface area contributed by atoms with Crippen LogP contribution in [-0.4, -0.2) is 53.0 Å². The molecule has 3 heterocycles. The van der Waals surface area contributed by atoms with E-state index in [1.807, 2.05) is 6.07 Å². The van der Waals surface area contributed by atoms with Crippen molar-refractivity contribution in [2.75, 3.05) is 43.1 Å². The molecule has 24 heavy (non-hydrogen) atoms. The summed E-state index contributed by atoms with van der Waals surface area (Å²) in [6.45, 7) is 3.83. The maximum Gasteiger partial charge on any atom is 0.247 e. The number of H-pyrrole nitrogens is 1. The first-order valence-electron chi connectivity index (χ1n) is 8.21. The van der Waals surface area contributed by atoms with Crippen LogP contribution in [0.15, 0.2) is 36.7 Å². The van der Waals surface area contributed by atoms with E-state index in [1.54, 1.807) is 6.20 Å². The van der Waals surface area contributed by atoms with E-state index in [4.69, 9.17) is 4.74 Å². The van der Waals surface area contributed by atoms with Crippen LogP contribution in [0.2, 0.25) is 0 Å². The van der Waals surface area contributed by atoms with Gasteiger partial charge in [-0.2, -0.15) is 10.1 Å². The molecule has 4 rings (SSSR count). The zero-order chi connectivity index (χ0) is 16.2. The van der Waals surface area contributed by atoms with Gasteiger partial charge in [0.2, 0.25) is 5.95 Å². The van der Waals surface area contributed by atoms with E-state index in [1.165, 1.54) is 16.5 Å². The Morgan fingerprint density at radius 2 is 2.08 bits per heavy atom. The van der Waals surface area contributed by atoms with Gasteiger partial charge in [-0.05, 0) is 18.1 Å². The molecule has 1 saturated heterocycles. The van der Waals surface area contributed by atoms with Crippen molar-refractivity contribution in [1.82, 2.24) is 20.2 Å². The number of ether oxygens (including phenoxy) is 1. The van der Waals surface area contributed by atoms with Gasteiger partial charge in [0.15, 0.2) is 5.82 Å². The van der Waals surface area contributed by atoms with E-state index in [9.17, 15) is 0 Å². The zero-order valence-corrected chi connectivity index (χ0v) is 13.4. The summed E-state index contributed by atoms with van der Waals surface area (Å²) in [5, 5.41) is 12.8. The first-order chi connectivity index (χ1) is 11.9. The van der Waals surface area contributed by atoms with Crippen molar-refractivity contribution in [1.29, 1.82) is 0 Å². The third-order valence-corrected chi connectivity index (χ3v) is 4.22. The quantitative estimate of drug-likeness (QED) is 0.745. The van der Waals surface area contributed by atoms with Crippen molar-refractivity contribution in [3.05, 3.63) is 42.2 Å². The highest BCUT2D eigenvalue weighted by Crippen LogP contribution is 2.18. The van der Waals surface area contributed by atoms with Crippen molar-refractivity contribution in [3.63, 3.8) is 0 Å². The van der Waals surface area contributed by atoms with E-state index in [0.29, 0.717) is 19.2 Å². The van der Waals surface area contributed by atoms with Gasteiger partial charge in [0.05, 0.1) is 19.4 Å². The third-order valence-electron chi connectivity index (χ3n) is 4.22. The Balaban J connectivity index is 1.39. The highest BCUT2D eigenvalue weighted by molar-refractivity contribution is 5.83. The molecule has 1 aromatic carbocycles. The topological polar surface area (TPSA) is 79.0 Å². The second-order valence-corrected chi connectivity index (χ2v) is 5.78. The standard InChI is InChI=1S/C17H20N6O/c1-2-4-15-14(3-1)13(11-19-15)5-6-18-16-12-20-22-17(21-16)23-7-9-24-10-8-23/h1-4,11-12,19H,5-10H2,(H,18,21,22). The van der Waals surface area contributed by atoms with Crippen LogP contribution >= 0.6 is 0 Å². The molecule has 1 fully saturated rings. The van der Waals surface area contributed by atoms with Gasteiger partial charge in [0, 0.05) is 36.7 Å². The number of aromatic nitrogens is 4. The average Bonchev–Trinajstić information content (AvgIpc) is 3.06. The summed E-state index contributed by atoms with van der Waals surface area (Å²) in [6, 6.07) is 8.34. The number of benzene rings is 1. The molecule has 1 aliphatic heterocycles. The number of hydrogen-bond acceptors (Lipinski definition) is 6. The Bertz CT molecular complexity index is 811. The summed E-state index contributed by atoms with van der Waals surface area (Å²) < 4.78 is 5.36. The molecule has 0 spiro atoms. The predicted molar refractivity (Wildman–Crippen MR) is 93.4 cm³/mol. The first kappa shape index (κ1) is 14.9. The molecule has 0 bridgehead atoms. The number of morpholine rings is 1. The van der Waals surface area contributed by atoms with Gasteiger partial charge in [-0.25, -0.2) is 0 Å². The SMILES string of the molecule is c1ccc2c(CCNc3cnnc(N4CCOCC4)n3)c[nH]c2c1. The number of para-hydroxylation sites is 1. The molecule has 0 saturated carbocycles. The Kier molecular flexibility index (Phi) is 4.24. The average molecular weight is 324 g/mol. The van der Waals surface area contributed by atoms with Crippen molar-refractivity contribution < 1.29 is 4.74 Å². The van der Waals surface area contributed by atoms with Crippen LogP contribution < -0.4 is 10.2 Å². The maximum atomic E-state index is 5.36. The number of nitrogens with zero attached hydrogens (tertiary/aromatic N) is 4. The lowest BCUT2D eigenvalue weighted by Crippen LogP contribution is -2.37. The van der Waals surface area contributed by atoms with Crippen molar-refractivity contribution in [3.8, 4) is 0 Å². The molecule has 7 nitrogen and oxygen atoms in total. The van der Waals surface area contributed by atoms with Crippen LogP contribution in [-0.2, 0) is 11.2 Å². The summed E-state index contributed by atoms with van der Waals surface area (Å²) in [4.78, 5) is 9.96. The van der Waals surface area contributed by atoms with Crippen molar-refractivity contribution >= 4 is 22.7 Å². The van der Waals surface area contributed by atoms with Gasteiger partial charge in [-0.3, -0.25) is 0 Å². The van der Waals surface area contributed by atoms with E-state index in [-0.39, 0.29) is 0 Å². The van der Waals surface area contributed by atoms with E-state index >= 15 is 0 Å². The van der Waals surface area contributed by atoms with Crippen molar-refractivity contribution in [2.45, 2.75) is 6.42 Å². The van der Waals surface area contributed by atoms with Crippen LogP contribution in [0.1, 0.15) is 5.56 Å². The lowest BCUT2D eigenvalue weighted by molar-refractivity contribution is 0.122. The fraction of sp³-hybridized carbons (Fsp3) is 0.353. The van der Waals surface area contributed by atoms with Crippen LogP contribution in [0.25, 0.3) is 10.9 Å². The van der Waals surface area contributed by atoms with Gasteiger partial charge in [0.25, 0.3) is 0 Å². The number of anilines is 2. The molecule has 0 amide bonds. The number of aromatic amines is 1. The van der Waals surface area contributed by atoms with Crippen LogP contribution in [0.3, 0.4) is 0 Å². The molecule has 2 N–H and O–H groups in total. The number of nitrogens with one attached hydrogen (secondary N) is 2. The van der Waals surface area contributed by atoms with Crippen LogP contribution in [0.5, 0.6) is 0 Å². The Labute approximate surface area is 140 Å². The molecular formula is C17H20N6O. The summed E-state index contributed by atoms with van der Waals surface area (Å²) >= 11 is 0. The molecule has 7 heteroatoms. The van der Waals surface area contributed by atoms with Gasteiger partial charge >= 0.3 is 0 Å². The summed E-state index contributed by atoms with van der Waals surface area (Å²) in [7, 11) is 0. The second-order valence-electron chi connectivity index (χ2n) is 5.78. The van der Waals surface area contributed by atoms with E-state index in [2.05, 4.69) is 54.8 Å². The lowest BCUT2D eigenvalue weighted by Gasteiger charge is -2.26. The largest absolute Gasteiger partial charge is 0.378 e. The van der Waals surface area contributed by atoms with Gasteiger partial charge in [0.1, 0.15) is 0 Å². The monoisotopic (exact) mass is 324 g/mol. The second kappa shape index (κ2) is 6.84. The minimum absolute atomic E-state index is 0.662. The molecule has 2 aromatic heterocycles. The number of rotatable bonds is 5. The first-order valence-corrected chi connectivity index (χ1v) is 8.21. The summed E-state index contributed by atoms with van der Waals surface area (Å²) in [5.41, 5.74) is 2.47. The minimum atomic E-state index is 0.662. The maximum absolute atomic E-state index is 5.36. The predicted octanol–water partition coefficient (Wildman–Crippen LogP) is 1.84. The van der Waals surface area contributed by atoms with Gasteiger partial charge in [-0.1, -0.05) is 18.2 Å². The fourth-order valence-corrected chi connectivity index (χ4v) is 2.94. The minimum Gasteiger partial charge on any atom is -0.378 e. The summed E-state index contributed by atoms with van der Waals surface area (Å²) in [5.74, 6) is 1.42. The lowest BCUT2D eigenvalue weighted by atomic mass is 10.1. The molecule has 124 valence electrons. The number of hydrogen-bond donors (Lipinski definition) is 2. The van der Waals surface area contributed by atoms with Gasteiger partial charge < -0.3 is 19.9 Å².